The van der Waals surface area contributed by atoms with Crippen LogP contribution in [0.2, 0.25) is 0 Å². The zero-order chi connectivity index (χ0) is 20.5. The number of carbonyl (C=O) groups excluding carboxylic acids is 2. The minimum Gasteiger partial charge on any atom is -0.497 e. The Bertz CT molecular complexity index is 915. The van der Waals surface area contributed by atoms with E-state index in [1.807, 2.05) is 38.1 Å². The Morgan fingerprint density at radius 2 is 1.97 bits per heavy atom. The number of carbonyl (C=O) groups is 2. The van der Waals surface area contributed by atoms with Gasteiger partial charge in [0.15, 0.2) is 5.69 Å². The molecular formula is C21H26N4O4. The summed E-state index contributed by atoms with van der Waals surface area (Å²) < 4.78 is 12.6. The lowest BCUT2D eigenvalue weighted by atomic mass is 10.1. The summed E-state index contributed by atoms with van der Waals surface area (Å²) in [7, 11) is 1.62. The van der Waals surface area contributed by atoms with Crippen LogP contribution < -0.4 is 4.74 Å². The molecule has 4 rings (SSSR count). The molecule has 29 heavy (non-hydrogen) atoms. The van der Waals surface area contributed by atoms with Gasteiger partial charge in [-0.1, -0.05) is 12.1 Å². The van der Waals surface area contributed by atoms with Gasteiger partial charge in [0.25, 0.3) is 11.8 Å². The van der Waals surface area contributed by atoms with Crippen LogP contribution in [0.3, 0.4) is 0 Å². The van der Waals surface area contributed by atoms with Crippen molar-refractivity contribution in [3.63, 3.8) is 0 Å². The van der Waals surface area contributed by atoms with Crippen molar-refractivity contribution >= 4 is 11.8 Å². The van der Waals surface area contributed by atoms with Crippen molar-refractivity contribution in [1.82, 2.24) is 19.6 Å². The molecule has 154 valence electrons. The van der Waals surface area contributed by atoms with Gasteiger partial charge in [0.2, 0.25) is 0 Å². The van der Waals surface area contributed by atoms with Crippen molar-refractivity contribution in [3.8, 4) is 5.75 Å². The molecule has 1 aromatic carbocycles. The van der Waals surface area contributed by atoms with Crippen LogP contribution >= 0.6 is 0 Å². The third kappa shape index (κ3) is 3.98. The van der Waals surface area contributed by atoms with Gasteiger partial charge in [0, 0.05) is 32.2 Å². The van der Waals surface area contributed by atoms with Gasteiger partial charge in [0.1, 0.15) is 11.4 Å². The summed E-state index contributed by atoms with van der Waals surface area (Å²) >= 11 is 0. The van der Waals surface area contributed by atoms with Gasteiger partial charge in [0.05, 0.1) is 25.9 Å². The lowest BCUT2D eigenvalue weighted by Gasteiger charge is -2.34. The molecule has 8 nitrogen and oxygen atoms in total. The van der Waals surface area contributed by atoms with Gasteiger partial charge in [-0.15, -0.1) is 0 Å². The number of methoxy groups -OCH3 is 1. The first-order valence-electron chi connectivity index (χ1n) is 9.89. The van der Waals surface area contributed by atoms with E-state index in [9.17, 15) is 9.59 Å². The second-order valence-electron chi connectivity index (χ2n) is 7.68. The predicted molar refractivity (Wildman–Crippen MR) is 106 cm³/mol. The Morgan fingerprint density at radius 1 is 1.21 bits per heavy atom. The van der Waals surface area contributed by atoms with Crippen molar-refractivity contribution in [2.75, 3.05) is 26.7 Å². The second kappa shape index (κ2) is 7.87. The van der Waals surface area contributed by atoms with E-state index in [2.05, 4.69) is 5.10 Å². The van der Waals surface area contributed by atoms with E-state index < -0.39 is 0 Å². The van der Waals surface area contributed by atoms with Crippen molar-refractivity contribution in [2.24, 2.45) is 0 Å². The number of morpholine rings is 1. The molecular weight excluding hydrogens is 372 g/mol. The Hall–Kier alpha value is -2.87. The van der Waals surface area contributed by atoms with E-state index in [-0.39, 0.29) is 24.0 Å². The van der Waals surface area contributed by atoms with E-state index in [1.165, 1.54) is 0 Å². The Kier molecular flexibility index (Phi) is 5.27. The number of benzene rings is 1. The maximum absolute atomic E-state index is 13.0. The summed E-state index contributed by atoms with van der Waals surface area (Å²) in [5.41, 5.74) is 1.77. The molecule has 0 radical (unpaired) electrons. The summed E-state index contributed by atoms with van der Waals surface area (Å²) in [6, 6.07) is 9.30. The van der Waals surface area contributed by atoms with Crippen LogP contribution in [0.25, 0.3) is 0 Å². The maximum Gasteiger partial charge on any atom is 0.274 e. The van der Waals surface area contributed by atoms with E-state index in [0.29, 0.717) is 44.1 Å². The number of amides is 2. The topological polar surface area (TPSA) is 76.9 Å². The molecule has 0 saturated carbocycles. The Morgan fingerprint density at radius 3 is 2.69 bits per heavy atom. The number of ether oxygens (including phenoxy) is 2. The first-order valence-corrected chi connectivity index (χ1v) is 9.89. The van der Waals surface area contributed by atoms with Gasteiger partial charge < -0.3 is 19.3 Å². The third-order valence-corrected chi connectivity index (χ3v) is 5.30. The van der Waals surface area contributed by atoms with Crippen LogP contribution in [0, 0.1) is 0 Å². The van der Waals surface area contributed by atoms with E-state index >= 15 is 0 Å². The van der Waals surface area contributed by atoms with Gasteiger partial charge in [-0.2, -0.15) is 5.10 Å². The molecule has 1 fully saturated rings. The molecule has 3 heterocycles. The van der Waals surface area contributed by atoms with Gasteiger partial charge in [-0.25, -0.2) is 0 Å². The average Bonchev–Trinajstić information content (AvgIpc) is 3.14. The first-order chi connectivity index (χ1) is 13.9. The van der Waals surface area contributed by atoms with Crippen LogP contribution in [-0.2, 0) is 17.8 Å². The first kappa shape index (κ1) is 19.4. The van der Waals surface area contributed by atoms with Crippen molar-refractivity contribution in [3.05, 3.63) is 47.3 Å². The molecule has 2 aromatic rings. The number of fused-ring (bicyclic) bond motifs is 1. The van der Waals surface area contributed by atoms with Crippen molar-refractivity contribution in [1.29, 1.82) is 0 Å². The molecule has 2 atom stereocenters. The molecule has 2 aliphatic heterocycles. The monoisotopic (exact) mass is 398 g/mol. The third-order valence-electron chi connectivity index (χ3n) is 5.30. The molecule has 2 amide bonds. The molecule has 1 saturated heterocycles. The average molecular weight is 398 g/mol. The zero-order valence-electron chi connectivity index (χ0n) is 17.0. The summed E-state index contributed by atoms with van der Waals surface area (Å²) in [4.78, 5) is 29.4. The van der Waals surface area contributed by atoms with Gasteiger partial charge >= 0.3 is 0 Å². The number of aromatic nitrogens is 2. The van der Waals surface area contributed by atoms with Crippen molar-refractivity contribution in [2.45, 2.75) is 39.1 Å². The predicted octanol–water partition coefficient (Wildman–Crippen LogP) is 1.80. The standard InChI is InChI=1S/C21H26N4O4/c1-14-11-24(12-15(2)29-14)20(26)18-10-19-21(27)23(7-8-25(19)22-18)13-16-5-4-6-17(9-16)28-3/h4-6,9-10,14-15H,7-8,11-13H2,1-3H3. The Labute approximate surface area is 170 Å². The highest BCUT2D eigenvalue weighted by atomic mass is 16.5. The second-order valence-corrected chi connectivity index (χ2v) is 7.68. The lowest BCUT2D eigenvalue weighted by molar-refractivity contribution is -0.0587. The lowest BCUT2D eigenvalue weighted by Crippen LogP contribution is -2.48. The van der Waals surface area contributed by atoms with Gasteiger partial charge in [-0.05, 0) is 31.5 Å². The summed E-state index contributed by atoms with van der Waals surface area (Å²) in [6.07, 6.45) is -0.0279. The molecule has 2 unspecified atom stereocenters. The highest BCUT2D eigenvalue weighted by Crippen LogP contribution is 2.20. The molecule has 0 N–H and O–H groups in total. The van der Waals surface area contributed by atoms with E-state index in [0.717, 1.165) is 11.3 Å². The van der Waals surface area contributed by atoms with E-state index in [1.54, 1.807) is 27.7 Å². The van der Waals surface area contributed by atoms with Crippen LogP contribution in [-0.4, -0.2) is 70.3 Å². The maximum atomic E-state index is 13.0. The number of nitrogens with zero attached hydrogens (tertiary/aromatic N) is 4. The van der Waals surface area contributed by atoms with E-state index in [4.69, 9.17) is 9.47 Å². The molecule has 2 aliphatic rings. The van der Waals surface area contributed by atoms with Gasteiger partial charge in [-0.3, -0.25) is 14.3 Å². The fourth-order valence-electron chi connectivity index (χ4n) is 3.99. The quantitative estimate of drug-likeness (QED) is 0.785. The molecule has 8 heteroatoms. The number of rotatable bonds is 4. The SMILES string of the molecule is COc1cccc(CN2CCn3nc(C(=O)N4CC(C)OC(C)C4)cc3C2=O)c1. The van der Waals surface area contributed by atoms with Crippen LogP contribution in [0.1, 0.15) is 40.4 Å². The van der Waals surface area contributed by atoms with Crippen LogP contribution in [0.15, 0.2) is 30.3 Å². The van der Waals surface area contributed by atoms with Crippen LogP contribution in [0.5, 0.6) is 5.75 Å². The molecule has 0 spiro atoms. The summed E-state index contributed by atoms with van der Waals surface area (Å²) in [6.45, 7) is 6.56. The highest BCUT2D eigenvalue weighted by molar-refractivity contribution is 5.98. The molecule has 1 aromatic heterocycles. The minimum atomic E-state index is -0.152. The van der Waals surface area contributed by atoms with Crippen molar-refractivity contribution < 1.29 is 19.1 Å². The Balaban J connectivity index is 1.50. The molecule has 0 bridgehead atoms. The normalized spacial score (nSPS) is 21.8. The number of hydrogen-bond donors (Lipinski definition) is 0. The summed E-state index contributed by atoms with van der Waals surface area (Å²) in [5, 5.41) is 4.41. The minimum absolute atomic E-state index is 0.0140. The summed E-state index contributed by atoms with van der Waals surface area (Å²) in [5.74, 6) is 0.495. The smallest absolute Gasteiger partial charge is 0.274 e. The highest BCUT2D eigenvalue weighted by Gasteiger charge is 2.32. The van der Waals surface area contributed by atoms with Crippen LogP contribution in [0.4, 0.5) is 0 Å². The fraction of sp³-hybridized carbons (Fsp3) is 0.476. The largest absolute Gasteiger partial charge is 0.497 e. The molecule has 0 aliphatic carbocycles. The zero-order valence-corrected chi connectivity index (χ0v) is 17.0. The number of hydrogen-bond acceptors (Lipinski definition) is 5. The fourth-order valence-corrected chi connectivity index (χ4v) is 3.99.